The van der Waals surface area contributed by atoms with E-state index in [2.05, 4.69) is 15.9 Å². The Morgan fingerprint density at radius 2 is 1.76 bits per heavy atom. The largest absolute Gasteiger partial charge is 0.346 e. The molecular formula is C12H15BrF2O2. The van der Waals surface area contributed by atoms with E-state index < -0.39 is 12.7 Å². The fourth-order valence-corrected chi connectivity index (χ4v) is 1.98. The van der Waals surface area contributed by atoms with Crippen molar-refractivity contribution in [3.8, 4) is 0 Å². The molecule has 1 aromatic carbocycles. The van der Waals surface area contributed by atoms with Gasteiger partial charge in [0.25, 0.3) is 6.43 Å². The van der Waals surface area contributed by atoms with E-state index in [9.17, 15) is 8.78 Å². The Morgan fingerprint density at radius 1 is 1.18 bits per heavy atom. The van der Waals surface area contributed by atoms with Gasteiger partial charge in [-0.3, -0.25) is 0 Å². The minimum atomic E-state index is -2.48. The normalized spacial score (nSPS) is 15.9. The van der Waals surface area contributed by atoms with Crippen LogP contribution in [0.1, 0.15) is 37.7 Å². The van der Waals surface area contributed by atoms with Gasteiger partial charge in [0, 0.05) is 15.6 Å². The average molecular weight is 309 g/mol. The van der Waals surface area contributed by atoms with Gasteiger partial charge >= 0.3 is 0 Å². The minimum absolute atomic E-state index is 0.0292. The zero-order valence-corrected chi connectivity index (χ0v) is 11.3. The molecule has 96 valence electrons. The lowest BCUT2D eigenvalue weighted by molar-refractivity contribution is -0.0443. The Hall–Kier alpha value is -0.520. The van der Waals surface area contributed by atoms with Gasteiger partial charge in [-0.25, -0.2) is 8.78 Å². The van der Waals surface area contributed by atoms with Crippen molar-refractivity contribution in [2.24, 2.45) is 0 Å². The molecule has 0 atom stereocenters. The Balaban J connectivity index is 0.000000686. The number of hydrogen-bond acceptors (Lipinski definition) is 2. The van der Waals surface area contributed by atoms with Crippen LogP contribution < -0.4 is 0 Å². The molecular weight excluding hydrogens is 294 g/mol. The molecule has 0 bridgehead atoms. The van der Waals surface area contributed by atoms with Gasteiger partial charge in [0.15, 0.2) is 6.29 Å². The fraction of sp³-hybridized carbons (Fsp3) is 0.500. The maximum Gasteiger partial charge on any atom is 0.263 e. The zero-order chi connectivity index (χ0) is 12.8. The van der Waals surface area contributed by atoms with E-state index in [0.717, 1.165) is 0 Å². The van der Waals surface area contributed by atoms with E-state index >= 15 is 0 Å². The summed E-state index contributed by atoms with van der Waals surface area (Å²) in [7, 11) is 0. The summed E-state index contributed by atoms with van der Waals surface area (Å²) in [6.07, 6.45) is -3.00. The first kappa shape index (κ1) is 14.5. The molecule has 0 radical (unpaired) electrons. The van der Waals surface area contributed by atoms with Crippen molar-refractivity contribution < 1.29 is 18.3 Å². The molecule has 5 heteroatoms. The van der Waals surface area contributed by atoms with Gasteiger partial charge in [-0.2, -0.15) is 0 Å². The van der Waals surface area contributed by atoms with E-state index in [4.69, 9.17) is 9.47 Å². The van der Waals surface area contributed by atoms with Gasteiger partial charge in [0.2, 0.25) is 0 Å². The molecule has 0 aliphatic carbocycles. The summed E-state index contributed by atoms with van der Waals surface area (Å²) < 4.78 is 36.1. The summed E-state index contributed by atoms with van der Waals surface area (Å²) in [5.41, 5.74) is 0.593. The molecule has 1 aliphatic heterocycles. The van der Waals surface area contributed by atoms with Crippen LogP contribution in [0.2, 0.25) is 0 Å². The molecule has 1 aromatic rings. The third kappa shape index (κ3) is 4.01. The molecule has 0 amide bonds. The maximum absolute atomic E-state index is 12.5. The number of hydrogen-bond donors (Lipinski definition) is 0. The number of rotatable bonds is 2. The molecule has 1 saturated heterocycles. The fourth-order valence-electron chi connectivity index (χ4n) is 1.45. The number of ether oxygens (including phenoxy) is 2. The summed E-state index contributed by atoms with van der Waals surface area (Å²) in [6, 6.07) is 4.52. The Labute approximate surface area is 108 Å². The highest BCUT2D eigenvalue weighted by Gasteiger charge is 2.20. The van der Waals surface area contributed by atoms with Crippen LogP contribution >= 0.6 is 15.9 Å². The highest BCUT2D eigenvalue weighted by molar-refractivity contribution is 9.10. The van der Waals surface area contributed by atoms with Crippen LogP contribution in [0.5, 0.6) is 0 Å². The highest BCUT2D eigenvalue weighted by atomic mass is 79.9. The van der Waals surface area contributed by atoms with E-state index in [1.165, 1.54) is 12.1 Å². The molecule has 1 heterocycles. The SMILES string of the molecule is CC.FC(F)c1cc(Br)cc(C2OCCO2)c1. The van der Waals surface area contributed by atoms with E-state index in [0.29, 0.717) is 23.2 Å². The Bertz CT molecular complexity index is 352. The number of halogens is 3. The van der Waals surface area contributed by atoms with Crippen molar-refractivity contribution in [1.82, 2.24) is 0 Å². The Morgan fingerprint density at radius 3 is 2.29 bits per heavy atom. The lowest BCUT2D eigenvalue weighted by Gasteiger charge is -2.11. The van der Waals surface area contributed by atoms with Crippen LogP contribution in [0.15, 0.2) is 22.7 Å². The molecule has 0 saturated carbocycles. The van der Waals surface area contributed by atoms with Crippen LogP contribution in [0, 0.1) is 0 Å². The van der Waals surface area contributed by atoms with Crippen LogP contribution in [-0.2, 0) is 9.47 Å². The van der Waals surface area contributed by atoms with Gasteiger partial charge in [0.1, 0.15) is 0 Å². The van der Waals surface area contributed by atoms with Crippen molar-refractivity contribution in [3.05, 3.63) is 33.8 Å². The highest BCUT2D eigenvalue weighted by Crippen LogP contribution is 2.30. The summed E-state index contributed by atoms with van der Waals surface area (Å²) in [5, 5.41) is 0. The lowest BCUT2D eigenvalue weighted by atomic mass is 10.1. The summed E-state index contributed by atoms with van der Waals surface area (Å²) in [6.45, 7) is 5.00. The van der Waals surface area contributed by atoms with E-state index in [1.807, 2.05) is 13.8 Å². The average Bonchev–Trinajstić information content (AvgIpc) is 2.84. The van der Waals surface area contributed by atoms with Crippen molar-refractivity contribution in [3.63, 3.8) is 0 Å². The second-order valence-corrected chi connectivity index (χ2v) is 4.11. The zero-order valence-electron chi connectivity index (χ0n) is 9.75. The Kier molecular flexibility index (Phi) is 6.02. The van der Waals surface area contributed by atoms with Crippen molar-refractivity contribution in [2.75, 3.05) is 13.2 Å². The van der Waals surface area contributed by atoms with Gasteiger partial charge < -0.3 is 9.47 Å². The standard InChI is InChI=1S/C10H9BrF2O2.C2H6/c11-8-4-6(9(12)13)3-7(5-8)10-14-1-2-15-10;1-2/h3-5,9-10H,1-2H2;1-2H3. The number of alkyl halides is 2. The van der Waals surface area contributed by atoms with Crippen LogP contribution in [0.3, 0.4) is 0 Å². The number of benzene rings is 1. The second kappa shape index (κ2) is 7.03. The first-order chi connectivity index (χ1) is 8.16. The summed E-state index contributed by atoms with van der Waals surface area (Å²) in [4.78, 5) is 0. The van der Waals surface area contributed by atoms with Gasteiger partial charge in [-0.15, -0.1) is 0 Å². The first-order valence-electron chi connectivity index (χ1n) is 5.48. The van der Waals surface area contributed by atoms with Gasteiger partial charge in [-0.05, 0) is 18.2 Å². The van der Waals surface area contributed by atoms with Gasteiger partial charge in [-0.1, -0.05) is 29.8 Å². The topological polar surface area (TPSA) is 18.5 Å². The molecule has 2 nitrogen and oxygen atoms in total. The molecule has 0 spiro atoms. The van der Waals surface area contributed by atoms with E-state index in [1.54, 1.807) is 6.07 Å². The molecule has 2 rings (SSSR count). The van der Waals surface area contributed by atoms with Crippen molar-refractivity contribution in [1.29, 1.82) is 0 Å². The predicted octanol–water partition coefficient (Wildman–Crippen LogP) is 4.46. The lowest BCUT2D eigenvalue weighted by Crippen LogP contribution is -1.99. The monoisotopic (exact) mass is 308 g/mol. The summed E-state index contributed by atoms with van der Waals surface area (Å²) >= 11 is 3.18. The van der Waals surface area contributed by atoms with Crippen LogP contribution in [0.4, 0.5) is 8.78 Å². The first-order valence-corrected chi connectivity index (χ1v) is 6.28. The molecule has 17 heavy (non-hydrogen) atoms. The second-order valence-electron chi connectivity index (χ2n) is 3.19. The molecule has 1 aliphatic rings. The van der Waals surface area contributed by atoms with Gasteiger partial charge in [0.05, 0.1) is 13.2 Å². The van der Waals surface area contributed by atoms with Crippen molar-refractivity contribution in [2.45, 2.75) is 26.6 Å². The third-order valence-electron chi connectivity index (χ3n) is 2.09. The quantitative estimate of drug-likeness (QED) is 0.803. The minimum Gasteiger partial charge on any atom is -0.346 e. The van der Waals surface area contributed by atoms with Crippen molar-refractivity contribution >= 4 is 15.9 Å². The van der Waals surface area contributed by atoms with E-state index in [-0.39, 0.29) is 5.56 Å². The van der Waals surface area contributed by atoms with Crippen LogP contribution in [-0.4, -0.2) is 13.2 Å². The predicted molar refractivity (Wildman–Crippen MR) is 65.1 cm³/mol. The summed E-state index contributed by atoms with van der Waals surface area (Å²) in [5.74, 6) is 0. The molecule has 0 unspecified atom stereocenters. The third-order valence-corrected chi connectivity index (χ3v) is 2.55. The molecule has 0 aromatic heterocycles. The maximum atomic E-state index is 12.5. The molecule has 1 fully saturated rings. The molecule has 0 N–H and O–H groups in total. The van der Waals surface area contributed by atoms with Crippen LogP contribution in [0.25, 0.3) is 0 Å². The smallest absolute Gasteiger partial charge is 0.263 e.